The van der Waals surface area contributed by atoms with Gasteiger partial charge >= 0.3 is 0 Å². The van der Waals surface area contributed by atoms with Crippen LogP contribution in [0.4, 0.5) is 0 Å². The van der Waals surface area contributed by atoms with E-state index in [4.69, 9.17) is 0 Å². The van der Waals surface area contributed by atoms with Crippen molar-refractivity contribution in [2.45, 2.75) is 26.1 Å². The van der Waals surface area contributed by atoms with Crippen molar-refractivity contribution in [2.75, 3.05) is 7.05 Å². The number of fused-ring (bicyclic) bond motifs is 1. The van der Waals surface area contributed by atoms with Gasteiger partial charge < -0.3 is 9.88 Å². The van der Waals surface area contributed by atoms with Gasteiger partial charge in [0.1, 0.15) is 5.82 Å². The average Bonchev–Trinajstić information content (AvgIpc) is 3.21. The van der Waals surface area contributed by atoms with Gasteiger partial charge in [0.05, 0.1) is 30.2 Å². The fraction of sp³-hybridized carbons (Fsp3) is 0.333. The molecule has 1 aromatic carbocycles. The molecule has 6 heteroatoms. The van der Waals surface area contributed by atoms with Gasteiger partial charge in [-0.25, -0.2) is 4.98 Å². The van der Waals surface area contributed by atoms with Gasteiger partial charge in [-0.05, 0) is 37.6 Å². The largest absolute Gasteiger partial charge is 0.350 e. The number of aryl methyl sites for hydroxylation is 1. The molecule has 0 saturated heterocycles. The maximum Gasteiger partial charge on any atom is 0.237 e. The minimum Gasteiger partial charge on any atom is -0.350 e. The quantitative estimate of drug-likeness (QED) is 0.749. The first-order valence-corrected chi connectivity index (χ1v) is 8.85. The Bertz CT molecular complexity index is 825. The van der Waals surface area contributed by atoms with E-state index in [0.717, 1.165) is 21.7 Å². The van der Waals surface area contributed by atoms with Crippen molar-refractivity contribution in [3.05, 3.63) is 52.5 Å². The van der Waals surface area contributed by atoms with Gasteiger partial charge in [-0.1, -0.05) is 18.2 Å². The molecule has 24 heavy (non-hydrogen) atoms. The standard InChI is InChI=1S/C18H22N4OS/c1-13(18(23)19-11-14-7-6-10-24-14)21(2)12-17-20-15-8-4-5-9-16(15)22(17)3/h4-10,13H,11-12H2,1-3H3,(H,19,23)/t13-/m0/s1. The molecule has 3 rings (SSSR count). The minimum absolute atomic E-state index is 0.0321. The first-order valence-electron chi connectivity index (χ1n) is 7.97. The van der Waals surface area contributed by atoms with E-state index in [2.05, 4.69) is 20.9 Å². The number of aromatic nitrogens is 2. The number of nitrogens with one attached hydrogen (secondary N) is 1. The van der Waals surface area contributed by atoms with Crippen molar-refractivity contribution >= 4 is 28.3 Å². The predicted molar refractivity (Wildman–Crippen MR) is 97.8 cm³/mol. The highest BCUT2D eigenvalue weighted by atomic mass is 32.1. The van der Waals surface area contributed by atoms with Crippen LogP contribution in [0.25, 0.3) is 11.0 Å². The molecule has 0 aliphatic rings. The van der Waals surface area contributed by atoms with Gasteiger partial charge in [0.15, 0.2) is 0 Å². The van der Waals surface area contributed by atoms with Crippen molar-refractivity contribution in [3.8, 4) is 0 Å². The Morgan fingerprint density at radius 1 is 1.33 bits per heavy atom. The number of nitrogens with zero attached hydrogens (tertiary/aromatic N) is 3. The van der Waals surface area contributed by atoms with Gasteiger partial charge in [-0.2, -0.15) is 0 Å². The zero-order valence-corrected chi connectivity index (χ0v) is 15.0. The molecule has 2 heterocycles. The van der Waals surface area contributed by atoms with Crippen molar-refractivity contribution in [1.29, 1.82) is 0 Å². The summed E-state index contributed by atoms with van der Waals surface area (Å²) < 4.78 is 2.09. The van der Waals surface area contributed by atoms with Gasteiger partial charge in [0.25, 0.3) is 0 Å². The molecule has 1 N–H and O–H groups in total. The summed E-state index contributed by atoms with van der Waals surface area (Å²) in [5.74, 6) is 0.987. The Morgan fingerprint density at radius 3 is 2.83 bits per heavy atom. The molecule has 1 atom stereocenters. The van der Waals surface area contributed by atoms with Crippen LogP contribution in [-0.2, 0) is 24.9 Å². The zero-order chi connectivity index (χ0) is 17.1. The second-order valence-electron chi connectivity index (χ2n) is 5.96. The van der Waals surface area contributed by atoms with Crippen molar-refractivity contribution < 1.29 is 4.79 Å². The third-order valence-electron chi connectivity index (χ3n) is 4.33. The number of hydrogen-bond acceptors (Lipinski definition) is 4. The molecule has 3 aromatic rings. The summed E-state index contributed by atoms with van der Waals surface area (Å²) in [4.78, 5) is 20.2. The summed E-state index contributed by atoms with van der Waals surface area (Å²) in [6.45, 7) is 3.13. The third-order valence-corrected chi connectivity index (χ3v) is 5.20. The van der Waals surface area contributed by atoms with Crippen LogP contribution >= 0.6 is 11.3 Å². The molecule has 0 spiro atoms. The highest BCUT2D eigenvalue weighted by Crippen LogP contribution is 2.16. The highest BCUT2D eigenvalue weighted by Gasteiger charge is 2.20. The van der Waals surface area contributed by atoms with Crippen LogP contribution in [0.3, 0.4) is 0 Å². The molecule has 5 nitrogen and oxygen atoms in total. The maximum absolute atomic E-state index is 12.4. The lowest BCUT2D eigenvalue weighted by atomic mass is 10.2. The number of thiophene rings is 1. The van der Waals surface area contributed by atoms with E-state index in [-0.39, 0.29) is 11.9 Å². The van der Waals surface area contributed by atoms with Crippen LogP contribution in [0, 0.1) is 0 Å². The van der Waals surface area contributed by atoms with E-state index in [1.165, 1.54) is 0 Å². The Balaban J connectivity index is 1.63. The zero-order valence-electron chi connectivity index (χ0n) is 14.2. The molecular weight excluding hydrogens is 320 g/mol. The number of carbonyl (C=O) groups is 1. The van der Waals surface area contributed by atoms with Crippen LogP contribution < -0.4 is 5.32 Å². The van der Waals surface area contributed by atoms with E-state index in [1.807, 2.05) is 61.6 Å². The van der Waals surface area contributed by atoms with Crippen LogP contribution in [0.5, 0.6) is 0 Å². The Labute approximate surface area is 145 Å². The first kappa shape index (κ1) is 16.7. The lowest BCUT2D eigenvalue weighted by molar-refractivity contribution is -0.125. The summed E-state index contributed by atoms with van der Waals surface area (Å²) >= 11 is 1.65. The Kier molecular flexibility index (Phi) is 4.97. The number of hydrogen-bond donors (Lipinski definition) is 1. The van der Waals surface area contributed by atoms with Gasteiger partial charge in [-0.15, -0.1) is 11.3 Å². The maximum atomic E-state index is 12.4. The van der Waals surface area contributed by atoms with E-state index in [1.54, 1.807) is 11.3 Å². The molecule has 0 unspecified atom stereocenters. The van der Waals surface area contributed by atoms with Crippen LogP contribution in [0.1, 0.15) is 17.6 Å². The van der Waals surface area contributed by atoms with Gasteiger partial charge in [0, 0.05) is 11.9 Å². The van der Waals surface area contributed by atoms with Crippen LogP contribution in [0.2, 0.25) is 0 Å². The molecule has 0 radical (unpaired) electrons. The molecule has 0 aliphatic carbocycles. The molecular formula is C18H22N4OS. The first-order chi connectivity index (χ1) is 11.6. The normalized spacial score (nSPS) is 12.7. The van der Waals surface area contributed by atoms with E-state index in [9.17, 15) is 4.79 Å². The van der Waals surface area contributed by atoms with Gasteiger partial charge in [-0.3, -0.25) is 9.69 Å². The van der Waals surface area contributed by atoms with E-state index < -0.39 is 0 Å². The fourth-order valence-electron chi connectivity index (χ4n) is 2.63. The molecule has 2 aromatic heterocycles. The lowest BCUT2D eigenvalue weighted by Crippen LogP contribution is -2.42. The molecule has 0 saturated carbocycles. The number of likely N-dealkylation sites (N-methyl/N-ethyl adjacent to an activating group) is 1. The van der Waals surface area contributed by atoms with E-state index in [0.29, 0.717) is 13.1 Å². The minimum atomic E-state index is -0.218. The number of amides is 1. The smallest absolute Gasteiger partial charge is 0.237 e. The summed E-state index contributed by atoms with van der Waals surface area (Å²) in [6.07, 6.45) is 0. The number of carbonyl (C=O) groups excluding carboxylic acids is 1. The summed E-state index contributed by atoms with van der Waals surface area (Å²) in [5.41, 5.74) is 2.09. The fourth-order valence-corrected chi connectivity index (χ4v) is 3.28. The third kappa shape index (κ3) is 3.49. The van der Waals surface area contributed by atoms with E-state index >= 15 is 0 Å². The topological polar surface area (TPSA) is 50.2 Å². The second kappa shape index (κ2) is 7.15. The average molecular weight is 342 g/mol. The van der Waals surface area contributed by atoms with Crippen molar-refractivity contribution in [1.82, 2.24) is 19.8 Å². The molecule has 0 fully saturated rings. The van der Waals surface area contributed by atoms with Crippen molar-refractivity contribution in [3.63, 3.8) is 0 Å². The highest BCUT2D eigenvalue weighted by molar-refractivity contribution is 7.09. The Morgan fingerprint density at radius 2 is 2.12 bits per heavy atom. The second-order valence-corrected chi connectivity index (χ2v) is 7.00. The van der Waals surface area contributed by atoms with Crippen LogP contribution in [-0.4, -0.2) is 33.4 Å². The lowest BCUT2D eigenvalue weighted by Gasteiger charge is -2.23. The Hall–Kier alpha value is -2.18. The molecule has 0 bridgehead atoms. The summed E-state index contributed by atoms with van der Waals surface area (Å²) in [5, 5.41) is 5.01. The number of benzene rings is 1. The van der Waals surface area contributed by atoms with Crippen molar-refractivity contribution in [2.24, 2.45) is 7.05 Å². The molecule has 1 amide bonds. The van der Waals surface area contributed by atoms with Crippen LogP contribution in [0.15, 0.2) is 41.8 Å². The monoisotopic (exact) mass is 342 g/mol. The SMILES string of the molecule is C[C@@H](C(=O)NCc1cccs1)N(C)Cc1nc2ccccc2n1C. The number of imidazole rings is 1. The predicted octanol–water partition coefficient (Wildman–Crippen LogP) is 2.77. The molecule has 0 aliphatic heterocycles. The summed E-state index contributed by atoms with van der Waals surface area (Å²) in [7, 11) is 3.97. The number of para-hydroxylation sites is 2. The number of rotatable bonds is 6. The summed E-state index contributed by atoms with van der Waals surface area (Å²) in [6, 6.07) is 11.9. The molecule has 126 valence electrons. The van der Waals surface area contributed by atoms with Gasteiger partial charge in [0.2, 0.25) is 5.91 Å².